The molecule has 0 N–H and O–H groups in total. The van der Waals surface area contributed by atoms with Crippen molar-refractivity contribution in [1.82, 2.24) is 4.90 Å². The first-order valence-electron chi connectivity index (χ1n) is 12.1. The molecule has 0 aromatic heterocycles. The molecule has 1 heterocycles. The first-order chi connectivity index (χ1) is 16.7. The van der Waals surface area contributed by atoms with Gasteiger partial charge in [-0.15, -0.1) is 0 Å². The standard InChI is InChI=1S/C22H37B2NO8S2/c1-5-17(4)7-9-20(27)31-24-33-22(29)11-13-25(18-14-34-35-15-18)12-10-21(28)32-23-30-19(26)8-6-16(2)3/h16-18H,5-15H2,1-4H3. The van der Waals surface area contributed by atoms with Gasteiger partial charge in [-0.25, -0.2) is 0 Å². The zero-order valence-electron chi connectivity index (χ0n) is 21.2. The van der Waals surface area contributed by atoms with E-state index in [2.05, 4.69) is 13.8 Å². The van der Waals surface area contributed by atoms with Crippen molar-refractivity contribution < 1.29 is 37.8 Å². The molecule has 0 amide bonds. The molecule has 0 aliphatic carbocycles. The van der Waals surface area contributed by atoms with Gasteiger partial charge < -0.3 is 18.6 Å². The predicted molar refractivity (Wildman–Crippen MR) is 138 cm³/mol. The molecule has 1 atom stereocenters. The summed E-state index contributed by atoms with van der Waals surface area (Å²) in [6.45, 7) is 8.91. The van der Waals surface area contributed by atoms with Crippen LogP contribution in [0.5, 0.6) is 0 Å². The Hall–Kier alpha value is -1.33. The number of carbonyl (C=O) groups is 4. The Balaban J connectivity index is 2.29. The van der Waals surface area contributed by atoms with Crippen LogP contribution in [0.1, 0.15) is 72.6 Å². The highest BCUT2D eigenvalue weighted by atomic mass is 33.1. The average Bonchev–Trinajstić information content (AvgIpc) is 3.36. The maximum atomic E-state index is 12.1. The van der Waals surface area contributed by atoms with Gasteiger partial charge in [0, 0.05) is 43.5 Å². The number of rotatable bonds is 18. The predicted octanol–water partition coefficient (Wildman–Crippen LogP) is 3.34. The quantitative estimate of drug-likeness (QED) is 0.193. The molecule has 1 rings (SSSR count). The summed E-state index contributed by atoms with van der Waals surface area (Å²) in [7, 11) is 5.07. The van der Waals surface area contributed by atoms with Crippen LogP contribution in [0, 0.1) is 11.8 Å². The molecule has 35 heavy (non-hydrogen) atoms. The molecule has 1 unspecified atom stereocenters. The fourth-order valence-corrected chi connectivity index (χ4v) is 5.77. The van der Waals surface area contributed by atoms with Crippen molar-refractivity contribution in [2.45, 2.75) is 78.7 Å². The molecule has 0 aromatic rings. The van der Waals surface area contributed by atoms with Crippen molar-refractivity contribution in [3.8, 4) is 0 Å². The highest BCUT2D eigenvalue weighted by Crippen LogP contribution is 2.33. The SMILES string of the molecule is CCC(C)CCC(=O)O[B]OC(=O)CCN(CCC(=O)O[B]OC(=O)CCC(C)C)C1CSSC1. The molecule has 13 heteroatoms. The van der Waals surface area contributed by atoms with Gasteiger partial charge in [-0.1, -0.05) is 55.7 Å². The monoisotopic (exact) mass is 529 g/mol. The fraction of sp³-hybridized carbons (Fsp3) is 0.818. The molecule has 0 spiro atoms. The van der Waals surface area contributed by atoms with Crippen LogP contribution >= 0.6 is 21.6 Å². The van der Waals surface area contributed by atoms with Crippen molar-refractivity contribution in [3.05, 3.63) is 0 Å². The molecule has 0 saturated carbocycles. The minimum absolute atomic E-state index is 0.0842. The van der Waals surface area contributed by atoms with Crippen LogP contribution in [0.2, 0.25) is 0 Å². The molecule has 0 aromatic carbocycles. The molecule has 9 nitrogen and oxygen atoms in total. The minimum atomic E-state index is -0.523. The Labute approximate surface area is 218 Å². The van der Waals surface area contributed by atoms with Gasteiger partial charge in [0.1, 0.15) is 0 Å². The lowest BCUT2D eigenvalue weighted by Crippen LogP contribution is -2.40. The lowest BCUT2D eigenvalue weighted by atomic mass is 10.0. The van der Waals surface area contributed by atoms with Crippen molar-refractivity contribution in [2.24, 2.45) is 11.8 Å². The van der Waals surface area contributed by atoms with Crippen LogP contribution in [0.3, 0.4) is 0 Å². The molecular weight excluding hydrogens is 492 g/mol. The van der Waals surface area contributed by atoms with Gasteiger partial charge >= 0.3 is 15.4 Å². The Kier molecular flexibility index (Phi) is 17.1. The summed E-state index contributed by atoms with van der Waals surface area (Å²) in [4.78, 5) is 49.4. The van der Waals surface area contributed by atoms with Gasteiger partial charge in [0.25, 0.3) is 23.9 Å². The largest absolute Gasteiger partial charge is 0.662 e. The summed E-state index contributed by atoms with van der Waals surface area (Å²) in [5.41, 5.74) is 0. The van der Waals surface area contributed by atoms with Gasteiger partial charge in [-0.2, -0.15) is 0 Å². The third-order valence-corrected chi connectivity index (χ3v) is 8.03. The maximum Gasteiger partial charge on any atom is 0.662 e. The molecule has 2 radical (unpaired) electrons. The molecule has 1 fully saturated rings. The van der Waals surface area contributed by atoms with E-state index < -0.39 is 23.9 Å². The Morgan fingerprint density at radius 1 is 0.771 bits per heavy atom. The molecule has 196 valence electrons. The lowest BCUT2D eigenvalue weighted by molar-refractivity contribution is -0.141. The second-order valence-electron chi connectivity index (χ2n) is 8.90. The summed E-state index contributed by atoms with van der Waals surface area (Å²) in [6.07, 6.45) is 3.13. The second-order valence-corrected chi connectivity index (χ2v) is 11.4. The normalized spacial score (nSPS) is 14.5. The molecule has 1 saturated heterocycles. The first-order valence-corrected chi connectivity index (χ1v) is 14.6. The number of carbonyl (C=O) groups excluding carboxylic acids is 4. The molecular formula is C22H37B2NO8S2. The van der Waals surface area contributed by atoms with E-state index in [4.69, 9.17) is 18.6 Å². The summed E-state index contributed by atoms with van der Waals surface area (Å²) in [5.74, 6) is 0.668. The molecule has 1 aliphatic rings. The van der Waals surface area contributed by atoms with E-state index in [1.807, 2.05) is 18.7 Å². The number of nitrogens with zero attached hydrogens (tertiary/aromatic N) is 1. The number of hydrogen-bond acceptors (Lipinski definition) is 11. The van der Waals surface area contributed by atoms with Crippen molar-refractivity contribution in [1.29, 1.82) is 0 Å². The second kappa shape index (κ2) is 18.9. The van der Waals surface area contributed by atoms with Crippen LogP contribution in [0.15, 0.2) is 0 Å². The third kappa shape index (κ3) is 16.1. The van der Waals surface area contributed by atoms with E-state index in [0.29, 0.717) is 31.3 Å². The zero-order chi connectivity index (χ0) is 26.1. The van der Waals surface area contributed by atoms with E-state index in [1.165, 1.54) is 0 Å². The lowest BCUT2D eigenvalue weighted by Gasteiger charge is -2.27. The molecule has 1 aliphatic heterocycles. The van der Waals surface area contributed by atoms with E-state index in [9.17, 15) is 19.2 Å². The highest BCUT2D eigenvalue weighted by molar-refractivity contribution is 8.77. The topological polar surface area (TPSA) is 108 Å². The highest BCUT2D eigenvalue weighted by Gasteiger charge is 2.25. The van der Waals surface area contributed by atoms with Crippen molar-refractivity contribution >= 4 is 60.8 Å². The zero-order valence-corrected chi connectivity index (χ0v) is 22.8. The van der Waals surface area contributed by atoms with Crippen molar-refractivity contribution in [2.75, 3.05) is 24.6 Å². The third-order valence-electron chi connectivity index (χ3n) is 5.51. The van der Waals surface area contributed by atoms with Gasteiger partial charge in [-0.3, -0.25) is 24.1 Å². The van der Waals surface area contributed by atoms with Crippen molar-refractivity contribution in [3.63, 3.8) is 0 Å². The number of hydrogen-bond donors (Lipinski definition) is 0. The van der Waals surface area contributed by atoms with Crippen LogP contribution in [0.4, 0.5) is 0 Å². The van der Waals surface area contributed by atoms with E-state index in [1.54, 1.807) is 21.6 Å². The van der Waals surface area contributed by atoms with Gasteiger partial charge in [-0.05, 0) is 24.7 Å². The minimum Gasteiger partial charge on any atom is -0.500 e. The summed E-state index contributed by atoms with van der Waals surface area (Å²) < 4.78 is 19.4. The van der Waals surface area contributed by atoms with Gasteiger partial charge in [0.2, 0.25) is 0 Å². The Morgan fingerprint density at radius 3 is 1.63 bits per heavy atom. The van der Waals surface area contributed by atoms with Crippen LogP contribution in [-0.2, 0) is 37.8 Å². The van der Waals surface area contributed by atoms with Crippen LogP contribution < -0.4 is 0 Å². The van der Waals surface area contributed by atoms with Gasteiger partial charge in [0.15, 0.2) is 0 Å². The Morgan fingerprint density at radius 2 is 1.20 bits per heavy atom. The summed E-state index contributed by atoms with van der Waals surface area (Å²) in [5, 5.41) is 0. The van der Waals surface area contributed by atoms with Gasteiger partial charge in [0.05, 0.1) is 12.8 Å². The average molecular weight is 529 g/mol. The smallest absolute Gasteiger partial charge is 0.500 e. The summed E-state index contributed by atoms with van der Waals surface area (Å²) >= 11 is 0. The van der Waals surface area contributed by atoms with E-state index in [0.717, 1.165) is 39.7 Å². The van der Waals surface area contributed by atoms with E-state index >= 15 is 0 Å². The summed E-state index contributed by atoms with van der Waals surface area (Å²) in [6, 6.07) is 0.214. The van der Waals surface area contributed by atoms with E-state index in [-0.39, 0.29) is 31.7 Å². The molecule has 0 bridgehead atoms. The first kappa shape index (κ1) is 31.7. The van der Waals surface area contributed by atoms with Crippen LogP contribution in [0.25, 0.3) is 0 Å². The fourth-order valence-electron chi connectivity index (χ4n) is 2.93. The van der Waals surface area contributed by atoms with Crippen LogP contribution in [-0.4, -0.2) is 74.8 Å². The maximum absolute atomic E-state index is 12.1. The Bertz CT molecular complexity index is 665.